The fourth-order valence-corrected chi connectivity index (χ4v) is 16.1. The Morgan fingerprint density at radius 3 is 0.972 bits per heavy atom. The van der Waals surface area contributed by atoms with Crippen molar-refractivity contribution in [2.45, 2.75) is 0 Å². The van der Waals surface area contributed by atoms with Gasteiger partial charge in [-0.3, -0.25) is 0 Å². The lowest BCUT2D eigenvalue weighted by atomic mass is 10.0. The molecule has 0 saturated heterocycles. The van der Waals surface area contributed by atoms with Crippen LogP contribution in [0.5, 0.6) is 0 Å². The van der Waals surface area contributed by atoms with E-state index in [2.05, 4.69) is 224 Å². The Bertz CT molecular complexity index is 5200. The van der Waals surface area contributed by atoms with E-state index < -0.39 is 0 Å². The number of para-hydroxylation sites is 4. The fourth-order valence-electron chi connectivity index (χ4n) is 13.8. The van der Waals surface area contributed by atoms with Crippen LogP contribution in [0.15, 0.2) is 206 Å². The molecule has 8 heterocycles. The van der Waals surface area contributed by atoms with E-state index in [0.29, 0.717) is 0 Å². The molecule has 4 nitrogen and oxygen atoms in total. The molecule has 0 amide bonds. The van der Waals surface area contributed by atoms with Crippen molar-refractivity contribution >= 4 is 183 Å². The summed E-state index contributed by atoms with van der Waals surface area (Å²) in [6.45, 7) is 0. The van der Waals surface area contributed by atoms with Crippen LogP contribution < -0.4 is 0 Å². The monoisotopic (exact) mass is 946 g/mol. The predicted octanol–water partition coefficient (Wildman–Crippen LogP) is 18.9. The minimum absolute atomic E-state index is 1.17. The lowest BCUT2D eigenvalue weighted by Crippen LogP contribution is -1.94. The average molecular weight is 947 g/mol. The number of hydrogen-bond acceptors (Lipinski definition) is 2. The standard InChI is InChI=1S/C66H34N4S2/c1-7-19-49-37(13-1)38-14-2-8-20-50(38)67(49)35-25-27-41-53(29-35)69-55-31-46-48-34-60-62(44-18-6-12-24-58(44)72-60)64-42-28-26-36(68-51-21-9-3-15-39(51)40-16-4-10-22-52(40)68)30-54(42)70(66(48)64)56(46)32-45(55)47-33-59-61(63(41)65(47)69)43-17-5-11-23-57(43)71-59/h1-34H. The van der Waals surface area contributed by atoms with E-state index in [1.807, 2.05) is 22.7 Å². The lowest BCUT2D eigenvalue weighted by Gasteiger charge is -2.09. The highest BCUT2D eigenvalue weighted by Crippen LogP contribution is 2.52. The maximum Gasteiger partial charge on any atom is 0.0627 e. The first-order valence-corrected chi connectivity index (χ1v) is 26.4. The van der Waals surface area contributed by atoms with Crippen molar-refractivity contribution in [1.82, 2.24) is 17.9 Å². The van der Waals surface area contributed by atoms with Gasteiger partial charge in [-0.1, -0.05) is 121 Å². The van der Waals surface area contributed by atoms with E-state index in [1.165, 1.54) is 172 Å². The number of fused-ring (bicyclic) bond motifs is 26. The van der Waals surface area contributed by atoms with Gasteiger partial charge in [-0.25, -0.2) is 0 Å². The first-order valence-electron chi connectivity index (χ1n) is 24.7. The van der Waals surface area contributed by atoms with Gasteiger partial charge in [-0.2, -0.15) is 0 Å². The van der Waals surface area contributed by atoms with Gasteiger partial charge in [0.1, 0.15) is 0 Å². The fraction of sp³-hybridized carbons (Fsp3) is 0. The first kappa shape index (κ1) is 37.0. The predicted molar refractivity (Wildman–Crippen MR) is 310 cm³/mol. The quantitative estimate of drug-likeness (QED) is 0.164. The van der Waals surface area contributed by atoms with Crippen LogP contribution in [0.1, 0.15) is 0 Å². The zero-order valence-corrected chi connectivity index (χ0v) is 39.9. The van der Waals surface area contributed by atoms with Crippen LogP contribution in [0.3, 0.4) is 0 Å². The third kappa shape index (κ3) is 4.27. The highest BCUT2D eigenvalue weighted by atomic mass is 32.1. The van der Waals surface area contributed by atoms with Crippen LogP contribution >= 0.6 is 22.7 Å². The molecule has 8 aromatic heterocycles. The van der Waals surface area contributed by atoms with Gasteiger partial charge in [0.05, 0.1) is 55.2 Å². The van der Waals surface area contributed by atoms with Gasteiger partial charge in [-0.15, -0.1) is 22.7 Å². The molecule has 0 atom stereocenters. The topological polar surface area (TPSA) is 18.7 Å². The molecule has 0 aliphatic carbocycles. The van der Waals surface area contributed by atoms with Crippen molar-refractivity contribution in [3.05, 3.63) is 206 Å². The van der Waals surface area contributed by atoms with Gasteiger partial charge in [-0.05, 0) is 84.9 Å². The summed E-state index contributed by atoms with van der Waals surface area (Å²) in [5.74, 6) is 0. The van der Waals surface area contributed by atoms with E-state index in [4.69, 9.17) is 0 Å². The molecule has 0 spiro atoms. The third-order valence-electron chi connectivity index (χ3n) is 16.6. The number of aromatic nitrogens is 4. The van der Waals surface area contributed by atoms with Crippen molar-refractivity contribution in [3.8, 4) is 11.4 Å². The zero-order chi connectivity index (χ0) is 46.2. The molecule has 0 fully saturated rings. The Labute approximate surface area is 415 Å². The van der Waals surface area contributed by atoms with Crippen molar-refractivity contribution in [1.29, 1.82) is 0 Å². The maximum absolute atomic E-state index is 2.63. The first-order chi connectivity index (χ1) is 35.7. The number of thiophene rings is 2. The molecule has 0 saturated carbocycles. The molecule has 0 radical (unpaired) electrons. The van der Waals surface area contributed by atoms with Crippen LogP contribution in [0.4, 0.5) is 0 Å². The smallest absolute Gasteiger partial charge is 0.0627 e. The molecule has 0 unspecified atom stereocenters. The Hall–Kier alpha value is -8.94. The summed E-state index contributed by atoms with van der Waals surface area (Å²) >= 11 is 3.84. The van der Waals surface area contributed by atoms with Crippen LogP contribution in [0.2, 0.25) is 0 Å². The molecule has 19 rings (SSSR count). The van der Waals surface area contributed by atoms with Gasteiger partial charge in [0, 0.05) is 116 Å². The van der Waals surface area contributed by atoms with E-state index in [-0.39, 0.29) is 0 Å². The number of hydrogen-bond donors (Lipinski definition) is 0. The molecule has 0 bridgehead atoms. The summed E-state index contributed by atoms with van der Waals surface area (Å²) in [6, 6.07) is 78.0. The highest BCUT2D eigenvalue weighted by molar-refractivity contribution is 7.26. The number of nitrogens with zero attached hydrogens (tertiary/aromatic N) is 4. The van der Waals surface area contributed by atoms with Crippen LogP contribution in [0, 0.1) is 0 Å². The van der Waals surface area contributed by atoms with Crippen LogP contribution in [-0.2, 0) is 0 Å². The molecule has 330 valence electrons. The van der Waals surface area contributed by atoms with Gasteiger partial charge in [0.15, 0.2) is 0 Å². The molecular formula is C66H34N4S2. The molecule has 6 heteroatoms. The van der Waals surface area contributed by atoms with E-state index >= 15 is 0 Å². The van der Waals surface area contributed by atoms with E-state index in [9.17, 15) is 0 Å². The van der Waals surface area contributed by atoms with Crippen LogP contribution in [-0.4, -0.2) is 17.9 Å². The second kappa shape index (κ2) is 12.7. The second-order valence-electron chi connectivity index (χ2n) is 19.9. The molecular weight excluding hydrogens is 913 g/mol. The summed E-state index contributed by atoms with van der Waals surface area (Å²) in [5.41, 5.74) is 14.8. The molecule has 72 heavy (non-hydrogen) atoms. The van der Waals surface area contributed by atoms with Crippen molar-refractivity contribution in [2.24, 2.45) is 0 Å². The van der Waals surface area contributed by atoms with Gasteiger partial charge in [0.2, 0.25) is 0 Å². The zero-order valence-electron chi connectivity index (χ0n) is 38.2. The Morgan fingerprint density at radius 2 is 0.569 bits per heavy atom. The lowest BCUT2D eigenvalue weighted by molar-refractivity contribution is 1.18. The minimum atomic E-state index is 1.17. The van der Waals surface area contributed by atoms with Gasteiger partial charge >= 0.3 is 0 Å². The number of benzene rings is 11. The summed E-state index contributed by atoms with van der Waals surface area (Å²) < 4.78 is 15.5. The SMILES string of the molecule is c1ccc2c(c1)sc1cc3c4cc5c(cc4n4c6cc(-n7c8ccccc8c8ccccc87)ccc6c(c12)c34)c1cc2sc3ccccc3c2c2c3ccc(-n4c6ccccc6c6ccccc64)cc3n5c12. The van der Waals surface area contributed by atoms with Crippen molar-refractivity contribution < 1.29 is 0 Å². The van der Waals surface area contributed by atoms with E-state index in [0.717, 1.165) is 0 Å². The molecule has 19 aromatic rings. The summed E-state index contributed by atoms with van der Waals surface area (Å²) in [4.78, 5) is 0. The van der Waals surface area contributed by atoms with Gasteiger partial charge < -0.3 is 17.9 Å². The average Bonchev–Trinajstić information content (AvgIpc) is 4.31. The summed E-state index contributed by atoms with van der Waals surface area (Å²) in [6.07, 6.45) is 0. The molecule has 0 aliphatic heterocycles. The maximum atomic E-state index is 2.63. The molecule has 11 aromatic carbocycles. The Kier molecular flexibility index (Phi) is 6.51. The normalized spacial score (nSPS) is 13.0. The third-order valence-corrected chi connectivity index (χ3v) is 18.8. The van der Waals surface area contributed by atoms with Crippen molar-refractivity contribution in [3.63, 3.8) is 0 Å². The Balaban J connectivity index is 0.995. The van der Waals surface area contributed by atoms with Crippen molar-refractivity contribution in [2.75, 3.05) is 0 Å². The van der Waals surface area contributed by atoms with E-state index in [1.54, 1.807) is 0 Å². The number of rotatable bonds is 2. The second-order valence-corrected chi connectivity index (χ2v) is 22.1. The van der Waals surface area contributed by atoms with Gasteiger partial charge in [0.25, 0.3) is 0 Å². The molecule has 0 N–H and O–H groups in total. The summed E-state index contributed by atoms with van der Waals surface area (Å²) in [5, 5.41) is 20.9. The minimum Gasteiger partial charge on any atom is -0.309 e. The van der Waals surface area contributed by atoms with Crippen LogP contribution in [0.25, 0.3) is 172 Å². The molecule has 0 aliphatic rings. The largest absolute Gasteiger partial charge is 0.309 e. The highest BCUT2D eigenvalue weighted by Gasteiger charge is 2.28. The summed E-state index contributed by atoms with van der Waals surface area (Å²) in [7, 11) is 0. The Morgan fingerprint density at radius 1 is 0.222 bits per heavy atom.